The van der Waals surface area contributed by atoms with E-state index in [1.165, 1.54) is 0 Å². The minimum absolute atomic E-state index is 0.0105. The second-order valence-electron chi connectivity index (χ2n) is 6.25. The third-order valence-corrected chi connectivity index (χ3v) is 4.36. The van der Waals surface area contributed by atoms with E-state index in [9.17, 15) is 9.90 Å². The highest BCUT2D eigenvalue weighted by atomic mass is 16.5. The number of imidazole rings is 1. The molecule has 2 aromatic rings. The van der Waals surface area contributed by atoms with Crippen molar-refractivity contribution in [2.45, 2.75) is 39.3 Å². The van der Waals surface area contributed by atoms with Crippen LogP contribution >= 0.6 is 0 Å². The molecule has 0 spiro atoms. The van der Waals surface area contributed by atoms with Gasteiger partial charge < -0.3 is 25.9 Å². The van der Waals surface area contributed by atoms with Crippen molar-refractivity contribution in [3.8, 4) is 0 Å². The van der Waals surface area contributed by atoms with Crippen LogP contribution in [-0.4, -0.2) is 49.9 Å². The number of aliphatic hydroxyl groups is 1. The number of fused-ring (bicyclic) bond motifs is 1. The van der Waals surface area contributed by atoms with Crippen LogP contribution in [0.2, 0.25) is 0 Å². The maximum atomic E-state index is 12.0. The lowest BCUT2D eigenvalue weighted by atomic mass is 10.0. The van der Waals surface area contributed by atoms with Gasteiger partial charge in [0.15, 0.2) is 5.65 Å². The molecule has 9 heteroatoms. The standard InChI is InChI=1S/C16H26N6O3/c1-3-10(2)13(17)15(24)25-8-11(4-5-23)7-22-9-20-12-6-19-16(18)21-14(12)22/h6,9-11,13,23H,3-5,7-8,17H2,1-2H3,(H2,18,19,21)/t10?,11-,13+/m1/s1. The van der Waals surface area contributed by atoms with E-state index in [-0.39, 0.29) is 31.0 Å². The topological polar surface area (TPSA) is 142 Å². The van der Waals surface area contributed by atoms with Gasteiger partial charge in [-0.3, -0.25) is 4.79 Å². The molecule has 5 N–H and O–H groups in total. The molecule has 0 radical (unpaired) electrons. The Hall–Kier alpha value is -2.26. The monoisotopic (exact) mass is 350 g/mol. The number of esters is 1. The Kier molecular flexibility index (Phi) is 6.65. The van der Waals surface area contributed by atoms with E-state index in [2.05, 4.69) is 15.0 Å². The molecule has 1 unspecified atom stereocenters. The SMILES string of the molecule is CCC(C)[C@H](N)C(=O)OC[C@H](CCO)Cn1cnc2cnc(N)nc21. The number of hydrogen-bond donors (Lipinski definition) is 3. The lowest BCUT2D eigenvalue weighted by molar-refractivity contribution is -0.148. The van der Waals surface area contributed by atoms with Crippen LogP contribution in [0.25, 0.3) is 11.2 Å². The minimum Gasteiger partial charge on any atom is -0.464 e. The van der Waals surface area contributed by atoms with Crippen molar-refractivity contribution in [3.63, 3.8) is 0 Å². The van der Waals surface area contributed by atoms with Gasteiger partial charge in [-0.05, 0) is 12.3 Å². The largest absolute Gasteiger partial charge is 0.464 e. The highest BCUT2D eigenvalue weighted by Crippen LogP contribution is 2.15. The number of hydrogen-bond acceptors (Lipinski definition) is 8. The summed E-state index contributed by atoms with van der Waals surface area (Å²) >= 11 is 0. The van der Waals surface area contributed by atoms with Crippen molar-refractivity contribution < 1.29 is 14.6 Å². The van der Waals surface area contributed by atoms with Crippen LogP contribution in [0.3, 0.4) is 0 Å². The summed E-state index contributed by atoms with van der Waals surface area (Å²) in [5, 5.41) is 9.29. The molecule has 0 amide bonds. The number of rotatable bonds is 9. The Labute approximate surface area is 146 Å². The predicted molar refractivity (Wildman–Crippen MR) is 93.3 cm³/mol. The molecule has 0 aliphatic carbocycles. The zero-order valence-corrected chi connectivity index (χ0v) is 14.6. The van der Waals surface area contributed by atoms with Crippen LogP contribution < -0.4 is 11.5 Å². The molecule has 0 fully saturated rings. The summed E-state index contributed by atoms with van der Waals surface area (Å²) in [7, 11) is 0. The Morgan fingerprint density at radius 1 is 1.44 bits per heavy atom. The van der Waals surface area contributed by atoms with E-state index in [1.807, 2.05) is 18.4 Å². The Morgan fingerprint density at radius 2 is 2.20 bits per heavy atom. The number of aromatic nitrogens is 4. The van der Waals surface area contributed by atoms with Crippen LogP contribution in [-0.2, 0) is 16.1 Å². The number of aliphatic hydroxyl groups excluding tert-OH is 1. The van der Waals surface area contributed by atoms with Gasteiger partial charge in [-0.2, -0.15) is 4.98 Å². The maximum absolute atomic E-state index is 12.0. The van der Waals surface area contributed by atoms with Gasteiger partial charge in [-0.25, -0.2) is 9.97 Å². The molecule has 0 saturated heterocycles. The Balaban J connectivity index is 2.02. The summed E-state index contributed by atoms with van der Waals surface area (Å²) in [6.45, 7) is 4.54. The molecule has 138 valence electrons. The fourth-order valence-corrected chi connectivity index (χ4v) is 2.47. The quantitative estimate of drug-likeness (QED) is 0.549. The van der Waals surface area contributed by atoms with E-state index in [0.717, 1.165) is 6.42 Å². The molecule has 0 aliphatic heterocycles. The van der Waals surface area contributed by atoms with Crippen LogP contribution in [0.5, 0.6) is 0 Å². The second kappa shape index (κ2) is 8.72. The summed E-state index contributed by atoms with van der Waals surface area (Å²) in [5.74, 6) is -0.286. The van der Waals surface area contributed by atoms with E-state index in [4.69, 9.17) is 16.2 Å². The predicted octanol–water partition coefficient (Wildman–Crippen LogP) is 0.324. The summed E-state index contributed by atoms with van der Waals surface area (Å²) in [4.78, 5) is 24.4. The van der Waals surface area contributed by atoms with Gasteiger partial charge in [0, 0.05) is 19.1 Å². The zero-order chi connectivity index (χ0) is 18.4. The first kappa shape index (κ1) is 19.1. The van der Waals surface area contributed by atoms with Gasteiger partial charge in [0.1, 0.15) is 11.6 Å². The maximum Gasteiger partial charge on any atom is 0.323 e. The lowest BCUT2D eigenvalue weighted by Crippen LogP contribution is -2.39. The molecule has 0 aliphatic rings. The minimum atomic E-state index is -0.638. The number of carbonyl (C=O) groups excluding carboxylic acids is 1. The summed E-state index contributed by atoms with van der Waals surface area (Å²) < 4.78 is 7.18. The molecule has 0 bridgehead atoms. The number of nitrogen functional groups attached to an aromatic ring is 1. The van der Waals surface area contributed by atoms with Crippen molar-refractivity contribution in [1.82, 2.24) is 19.5 Å². The molecule has 3 atom stereocenters. The van der Waals surface area contributed by atoms with E-state index < -0.39 is 12.0 Å². The fourth-order valence-electron chi connectivity index (χ4n) is 2.47. The van der Waals surface area contributed by atoms with Crippen LogP contribution in [0.1, 0.15) is 26.7 Å². The van der Waals surface area contributed by atoms with Crippen molar-refractivity contribution in [3.05, 3.63) is 12.5 Å². The van der Waals surface area contributed by atoms with Crippen LogP contribution in [0.4, 0.5) is 5.95 Å². The van der Waals surface area contributed by atoms with Gasteiger partial charge in [-0.15, -0.1) is 0 Å². The highest BCUT2D eigenvalue weighted by Gasteiger charge is 2.22. The van der Waals surface area contributed by atoms with E-state index >= 15 is 0 Å². The van der Waals surface area contributed by atoms with Gasteiger partial charge in [0.2, 0.25) is 5.95 Å². The first-order chi connectivity index (χ1) is 12.0. The van der Waals surface area contributed by atoms with E-state index in [1.54, 1.807) is 12.5 Å². The molecule has 2 rings (SSSR count). The summed E-state index contributed by atoms with van der Waals surface area (Å²) in [5.41, 5.74) is 12.8. The van der Waals surface area contributed by atoms with Crippen molar-refractivity contribution in [2.75, 3.05) is 18.9 Å². The fraction of sp³-hybridized carbons (Fsp3) is 0.625. The second-order valence-corrected chi connectivity index (χ2v) is 6.25. The average Bonchev–Trinajstić information content (AvgIpc) is 3.00. The van der Waals surface area contributed by atoms with Crippen LogP contribution in [0.15, 0.2) is 12.5 Å². The number of nitrogens with two attached hydrogens (primary N) is 2. The first-order valence-corrected chi connectivity index (χ1v) is 8.42. The molecule has 0 saturated carbocycles. The number of ether oxygens (including phenoxy) is 1. The Morgan fingerprint density at radius 3 is 2.88 bits per heavy atom. The summed E-state index contributed by atoms with van der Waals surface area (Å²) in [6.07, 6.45) is 4.47. The molecule has 0 aromatic carbocycles. The molecule has 2 heterocycles. The first-order valence-electron chi connectivity index (χ1n) is 8.42. The molecule has 25 heavy (non-hydrogen) atoms. The number of anilines is 1. The molecular formula is C16H26N6O3. The highest BCUT2D eigenvalue weighted by molar-refractivity contribution is 5.75. The van der Waals surface area contributed by atoms with Crippen molar-refractivity contribution in [1.29, 1.82) is 0 Å². The normalized spacial score (nSPS) is 15.0. The van der Waals surface area contributed by atoms with Gasteiger partial charge in [0.05, 0.1) is 19.1 Å². The van der Waals surface area contributed by atoms with Crippen LogP contribution in [0, 0.1) is 11.8 Å². The molecule has 2 aromatic heterocycles. The smallest absolute Gasteiger partial charge is 0.323 e. The van der Waals surface area contributed by atoms with Crippen molar-refractivity contribution in [2.24, 2.45) is 17.6 Å². The third-order valence-electron chi connectivity index (χ3n) is 4.36. The van der Waals surface area contributed by atoms with Gasteiger partial charge in [-0.1, -0.05) is 20.3 Å². The van der Waals surface area contributed by atoms with E-state index in [0.29, 0.717) is 24.1 Å². The number of carbonyl (C=O) groups is 1. The lowest BCUT2D eigenvalue weighted by Gasteiger charge is -2.20. The zero-order valence-electron chi connectivity index (χ0n) is 14.6. The molecular weight excluding hydrogens is 324 g/mol. The van der Waals surface area contributed by atoms with Crippen molar-refractivity contribution >= 4 is 23.1 Å². The summed E-state index contributed by atoms with van der Waals surface area (Å²) in [6, 6.07) is -0.638. The number of nitrogens with zero attached hydrogens (tertiary/aromatic N) is 4. The Bertz CT molecular complexity index is 704. The van der Waals surface area contributed by atoms with Gasteiger partial charge >= 0.3 is 5.97 Å². The third kappa shape index (κ3) is 4.86. The molecule has 9 nitrogen and oxygen atoms in total. The average molecular weight is 350 g/mol. The van der Waals surface area contributed by atoms with Gasteiger partial charge in [0.25, 0.3) is 0 Å².